The van der Waals surface area contributed by atoms with E-state index in [2.05, 4.69) is 26.1 Å². The SMILES string of the molecule is CC(C)CCCC(C)NC(=O)C(C)(C)C(C)(C)N. The molecule has 0 aromatic rings. The molecule has 0 saturated heterocycles. The molecule has 18 heavy (non-hydrogen) atoms. The van der Waals surface area contributed by atoms with Crippen LogP contribution in [-0.4, -0.2) is 17.5 Å². The van der Waals surface area contributed by atoms with Gasteiger partial charge in [-0.3, -0.25) is 4.79 Å². The zero-order valence-electron chi connectivity index (χ0n) is 13.3. The van der Waals surface area contributed by atoms with Gasteiger partial charge in [-0.2, -0.15) is 0 Å². The molecule has 3 N–H and O–H groups in total. The summed E-state index contributed by atoms with van der Waals surface area (Å²) in [7, 11) is 0. The van der Waals surface area contributed by atoms with E-state index in [9.17, 15) is 4.79 Å². The number of nitrogens with one attached hydrogen (secondary N) is 1. The van der Waals surface area contributed by atoms with Crippen molar-refractivity contribution in [1.29, 1.82) is 0 Å². The van der Waals surface area contributed by atoms with Gasteiger partial charge in [-0.25, -0.2) is 0 Å². The summed E-state index contributed by atoms with van der Waals surface area (Å²) in [6, 6.07) is 0.220. The summed E-state index contributed by atoms with van der Waals surface area (Å²) in [5.41, 5.74) is 4.99. The summed E-state index contributed by atoms with van der Waals surface area (Å²) in [6.45, 7) is 14.1. The number of nitrogens with two attached hydrogens (primary N) is 1. The third-order valence-electron chi connectivity index (χ3n) is 3.97. The van der Waals surface area contributed by atoms with Crippen LogP contribution in [0.5, 0.6) is 0 Å². The minimum atomic E-state index is -0.556. The van der Waals surface area contributed by atoms with E-state index in [0.717, 1.165) is 18.8 Å². The van der Waals surface area contributed by atoms with Crippen molar-refractivity contribution in [2.24, 2.45) is 17.1 Å². The fourth-order valence-electron chi connectivity index (χ4n) is 1.60. The van der Waals surface area contributed by atoms with Crippen LogP contribution in [0.3, 0.4) is 0 Å². The van der Waals surface area contributed by atoms with Crippen molar-refractivity contribution < 1.29 is 4.79 Å². The van der Waals surface area contributed by atoms with Crippen LogP contribution < -0.4 is 11.1 Å². The molecule has 0 saturated carbocycles. The summed E-state index contributed by atoms with van der Waals surface area (Å²) in [4.78, 5) is 12.2. The Morgan fingerprint density at radius 1 is 1.11 bits per heavy atom. The topological polar surface area (TPSA) is 55.1 Å². The van der Waals surface area contributed by atoms with E-state index in [-0.39, 0.29) is 11.9 Å². The maximum Gasteiger partial charge on any atom is 0.227 e. The van der Waals surface area contributed by atoms with Crippen molar-refractivity contribution in [1.82, 2.24) is 5.32 Å². The highest BCUT2D eigenvalue weighted by atomic mass is 16.2. The summed E-state index contributed by atoms with van der Waals surface area (Å²) in [5, 5.41) is 3.08. The third kappa shape index (κ3) is 5.38. The monoisotopic (exact) mass is 256 g/mol. The van der Waals surface area contributed by atoms with Gasteiger partial charge in [0.15, 0.2) is 0 Å². The van der Waals surface area contributed by atoms with Crippen LogP contribution in [0, 0.1) is 11.3 Å². The molecule has 0 heterocycles. The average Bonchev–Trinajstić information content (AvgIpc) is 2.14. The first-order valence-corrected chi connectivity index (χ1v) is 7.08. The molecule has 0 aliphatic heterocycles. The van der Waals surface area contributed by atoms with Gasteiger partial charge in [-0.15, -0.1) is 0 Å². The van der Waals surface area contributed by atoms with Gasteiger partial charge in [0.05, 0.1) is 5.41 Å². The maximum atomic E-state index is 12.2. The molecule has 0 bridgehead atoms. The second-order valence-corrected chi connectivity index (χ2v) is 7.05. The summed E-state index contributed by atoms with van der Waals surface area (Å²) < 4.78 is 0. The van der Waals surface area contributed by atoms with E-state index in [1.807, 2.05) is 27.7 Å². The van der Waals surface area contributed by atoms with Crippen molar-refractivity contribution in [2.75, 3.05) is 0 Å². The number of carbonyl (C=O) groups is 1. The molecule has 0 fully saturated rings. The molecule has 0 aliphatic carbocycles. The smallest absolute Gasteiger partial charge is 0.227 e. The largest absolute Gasteiger partial charge is 0.353 e. The van der Waals surface area contributed by atoms with Crippen molar-refractivity contribution in [3.05, 3.63) is 0 Å². The molecule has 3 nitrogen and oxygen atoms in total. The van der Waals surface area contributed by atoms with Gasteiger partial charge < -0.3 is 11.1 Å². The highest BCUT2D eigenvalue weighted by Crippen LogP contribution is 2.28. The number of rotatable bonds is 7. The van der Waals surface area contributed by atoms with E-state index < -0.39 is 11.0 Å². The zero-order chi connectivity index (χ0) is 14.6. The molecule has 0 spiro atoms. The first-order chi connectivity index (χ1) is 7.98. The Balaban J connectivity index is 4.23. The van der Waals surface area contributed by atoms with Crippen LogP contribution in [-0.2, 0) is 4.79 Å². The van der Waals surface area contributed by atoms with Crippen molar-refractivity contribution in [3.63, 3.8) is 0 Å². The van der Waals surface area contributed by atoms with Crippen LogP contribution in [0.1, 0.15) is 67.7 Å². The van der Waals surface area contributed by atoms with Crippen LogP contribution in [0.15, 0.2) is 0 Å². The Labute approximate surface area is 113 Å². The highest BCUT2D eigenvalue weighted by molar-refractivity contribution is 5.83. The van der Waals surface area contributed by atoms with Crippen LogP contribution in [0.2, 0.25) is 0 Å². The average molecular weight is 256 g/mol. The summed E-state index contributed by atoms with van der Waals surface area (Å²) in [6.07, 6.45) is 3.41. The molecule has 1 atom stereocenters. The number of amides is 1. The first-order valence-electron chi connectivity index (χ1n) is 7.08. The predicted octanol–water partition coefficient (Wildman–Crippen LogP) is 3.08. The quantitative estimate of drug-likeness (QED) is 0.735. The van der Waals surface area contributed by atoms with Crippen LogP contribution >= 0.6 is 0 Å². The molecule has 1 amide bonds. The Hall–Kier alpha value is -0.570. The normalized spacial score (nSPS) is 14.7. The lowest BCUT2D eigenvalue weighted by molar-refractivity contribution is -0.132. The van der Waals surface area contributed by atoms with E-state index >= 15 is 0 Å². The molecule has 3 heteroatoms. The standard InChI is InChI=1S/C15H32N2O/c1-11(2)9-8-10-12(3)17-13(18)14(4,5)15(6,7)16/h11-12H,8-10,16H2,1-7H3,(H,17,18). The molecule has 0 radical (unpaired) electrons. The van der Waals surface area contributed by atoms with Crippen LogP contribution in [0.25, 0.3) is 0 Å². The highest BCUT2D eigenvalue weighted by Gasteiger charge is 2.40. The van der Waals surface area contributed by atoms with Crippen molar-refractivity contribution in [2.45, 2.75) is 79.3 Å². The molecule has 0 aliphatic rings. The van der Waals surface area contributed by atoms with E-state index in [0.29, 0.717) is 0 Å². The number of hydrogen-bond donors (Lipinski definition) is 2. The second-order valence-electron chi connectivity index (χ2n) is 7.05. The third-order valence-corrected chi connectivity index (χ3v) is 3.97. The fourth-order valence-corrected chi connectivity index (χ4v) is 1.60. The second kappa shape index (κ2) is 6.55. The van der Waals surface area contributed by atoms with Gasteiger partial charge in [0.25, 0.3) is 0 Å². The molecular weight excluding hydrogens is 224 g/mol. The zero-order valence-corrected chi connectivity index (χ0v) is 13.3. The van der Waals surface area contributed by atoms with E-state index in [1.54, 1.807) is 0 Å². The van der Waals surface area contributed by atoms with Gasteiger partial charge in [-0.1, -0.05) is 26.7 Å². The lowest BCUT2D eigenvalue weighted by Gasteiger charge is -2.37. The molecule has 0 aromatic carbocycles. The molecular formula is C15H32N2O. The van der Waals surface area contributed by atoms with E-state index in [1.165, 1.54) is 6.42 Å². The number of hydrogen-bond acceptors (Lipinski definition) is 2. The number of carbonyl (C=O) groups excluding carboxylic acids is 1. The fraction of sp³-hybridized carbons (Fsp3) is 0.933. The minimum absolute atomic E-state index is 0.0482. The molecule has 0 rings (SSSR count). The molecule has 1 unspecified atom stereocenters. The van der Waals surface area contributed by atoms with Gasteiger partial charge in [-0.05, 0) is 47.0 Å². The predicted molar refractivity (Wildman–Crippen MR) is 78.3 cm³/mol. The lowest BCUT2D eigenvalue weighted by atomic mass is 9.74. The van der Waals surface area contributed by atoms with Crippen molar-refractivity contribution >= 4 is 5.91 Å². The van der Waals surface area contributed by atoms with Gasteiger partial charge >= 0.3 is 0 Å². The van der Waals surface area contributed by atoms with E-state index in [4.69, 9.17) is 5.73 Å². The van der Waals surface area contributed by atoms with Gasteiger partial charge in [0.2, 0.25) is 5.91 Å². The van der Waals surface area contributed by atoms with Gasteiger partial charge in [0.1, 0.15) is 0 Å². The summed E-state index contributed by atoms with van der Waals surface area (Å²) >= 11 is 0. The maximum absolute atomic E-state index is 12.2. The minimum Gasteiger partial charge on any atom is -0.353 e. The molecule has 0 aromatic heterocycles. The van der Waals surface area contributed by atoms with Crippen molar-refractivity contribution in [3.8, 4) is 0 Å². The van der Waals surface area contributed by atoms with Crippen LogP contribution in [0.4, 0.5) is 0 Å². The Morgan fingerprint density at radius 3 is 2.00 bits per heavy atom. The Bertz CT molecular complexity index is 264. The Morgan fingerprint density at radius 2 is 1.61 bits per heavy atom. The first kappa shape index (κ1) is 17.4. The lowest BCUT2D eigenvalue weighted by Crippen LogP contribution is -2.56. The Kier molecular flexibility index (Phi) is 6.35. The van der Waals surface area contributed by atoms with Gasteiger partial charge in [0, 0.05) is 11.6 Å². The molecule has 108 valence electrons. The summed E-state index contributed by atoms with van der Waals surface area (Å²) in [5.74, 6) is 0.777.